The summed E-state index contributed by atoms with van der Waals surface area (Å²) in [6, 6.07) is 2.52. The zero-order valence-corrected chi connectivity index (χ0v) is 12.5. The van der Waals surface area contributed by atoms with E-state index in [0.29, 0.717) is 5.75 Å². The van der Waals surface area contributed by atoms with Gasteiger partial charge in [0.25, 0.3) is 0 Å². The second kappa shape index (κ2) is 9.32. The third kappa shape index (κ3) is 6.76. The third-order valence-electron chi connectivity index (χ3n) is 2.02. The van der Waals surface area contributed by atoms with Crippen LogP contribution in [-0.2, 0) is 14.3 Å². The van der Waals surface area contributed by atoms with E-state index in [0.717, 1.165) is 0 Å². The standard InChI is InChI=1S/C12H16N2O4.BrH/c1-3-17-12(16)11(14-9(2)15)8-18-10-4-6-13-7-5-10;/h4-7,11H,3,8H2,1-2H3,(H,14,15);1H. The molecule has 1 rings (SSSR count). The molecular weight excluding hydrogens is 316 g/mol. The number of rotatable bonds is 6. The van der Waals surface area contributed by atoms with E-state index in [1.165, 1.54) is 6.92 Å². The van der Waals surface area contributed by atoms with Crippen LogP contribution in [0.4, 0.5) is 0 Å². The fraction of sp³-hybridized carbons (Fsp3) is 0.417. The molecule has 1 heterocycles. The Morgan fingerprint density at radius 2 is 2.00 bits per heavy atom. The second-order valence-electron chi connectivity index (χ2n) is 3.50. The van der Waals surface area contributed by atoms with Crippen molar-refractivity contribution in [1.82, 2.24) is 10.3 Å². The molecule has 1 N–H and O–H groups in total. The number of hydrogen-bond donors (Lipinski definition) is 1. The Kier molecular flexibility index (Phi) is 8.52. The number of ether oxygens (including phenoxy) is 2. The summed E-state index contributed by atoms with van der Waals surface area (Å²) in [5.74, 6) is -0.252. The molecule has 0 saturated carbocycles. The molecule has 1 aromatic heterocycles. The highest BCUT2D eigenvalue weighted by molar-refractivity contribution is 8.93. The predicted molar refractivity (Wildman–Crippen MR) is 74.3 cm³/mol. The van der Waals surface area contributed by atoms with Crippen molar-refractivity contribution in [3.05, 3.63) is 24.5 Å². The highest BCUT2D eigenvalue weighted by Gasteiger charge is 2.21. The maximum atomic E-state index is 11.6. The summed E-state index contributed by atoms with van der Waals surface area (Å²) in [6.07, 6.45) is 3.15. The van der Waals surface area contributed by atoms with Crippen LogP contribution in [0.1, 0.15) is 13.8 Å². The average Bonchev–Trinajstić information content (AvgIpc) is 2.35. The van der Waals surface area contributed by atoms with Gasteiger partial charge in [-0.05, 0) is 19.1 Å². The van der Waals surface area contributed by atoms with Crippen LogP contribution in [0.25, 0.3) is 0 Å². The molecular formula is C12H17BrN2O4. The Labute approximate surface area is 122 Å². The van der Waals surface area contributed by atoms with Crippen LogP contribution >= 0.6 is 17.0 Å². The maximum Gasteiger partial charge on any atom is 0.332 e. The molecule has 7 heteroatoms. The van der Waals surface area contributed by atoms with Crippen molar-refractivity contribution >= 4 is 28.9 Å². The Morgan fingerprint density at radius 1 is 1.37 bits per heavy atom. The van der Waals surface area contributed by atoms with E-state index >= 15 is 0 Å². The average molecular weight is 333 g/mol. The van der Waals surface area contributed by atoms with E-state index in [1.54, 1.807) is 31.5 Å². The van der Waals surface area contributed by atoms with Gasteiger partial charge < -0.3 is 14.8 Å². The molecule has 0 spiro atoms. The van der Waals surface area contributed by atoms with E-state index in [4.69, 9.17) is 9.47 Å². The largest absolute Gasteiger partial charge is 0.491 e. The number of amides is 1. The first-order valence-electron chi connectivity index (χ1n) is 5.60. The number of nitrogens with zero attached hydrogens (tertiary/aromatic N) is 1. The van der Waals surface area contributed by atoms with Gasteiger partial charge in [0, 0.05) is 19.3 Å². The van der Waals surface area contributed by atoms with E-state index in [-0.39, 0.29) is 36.1 Å². The van der Waals surface area contributed by atoms with Crippen LogP contribution in [0.3, 0.4) is 0 Å². The van der Waals surface area contributed by atoms with Crippen molar-refractivity contribution in [1.29, 1.82) is 0 Å². The first-order valence-corrected chi connectivity index (χ1v) is 5.60. The van der Waals surface area contributed by atoms with Gasteiger partial charge in [-0.1, -0.05) is 0 Å². The minimum Gasteiger partial charge on any atom is -0.491 e. The molecule has 0 bridgehead atoms. The van der Waals surface area contributed by atoms with Gasteiger partial charge in [0.15, 0.2) is 6.04 Å². The molecule has 0 saturated heterocycles. The maximum absolute atomic E-state index is 11.6. The Morgan fingerprint density at radius 3 is 2.53 bits per heavy atom. The number of pyridine rings is 1. The smallest absolute Gasteiger partial charge is 0.332 e. The van der Waals surface area contributed by atoms with Gasteiger partial charge in [-0.3, -0.25) is 9.78 Å². The zero-order chi connectivity index (χ0) is 13.4. The minimum atomic E-state index is -0.810. The lowest BCUT2D eigenvalue weighted by atomic mass is 10.3. The summed E-state index contributed by atoms with van der Waals surface area (Å²) < 4.78 is 10.2. The summed E-state index contributed by atoms with van der Waals surface area (Å²) >= 11 is 0. The summed E-state index contributed by atoms with van der Waals surface area (Å²) in [5.41, 5.74) is 0. The predicted octanol–water partition coefficient (Wildman–Crippen LogP) is 1.11. The highest BCUT2D eigenvalue weighted by Crippen LogP contribution is 2.07. The van der Waals surface area contributed by atoms with Gasteiger partial charge in [0.05, 0.1) is 6.61 Å². The molecule has 0 aliphatic carbocycles. The molecule has 0 radical (unpaired) electrons. The first-order chi connectivity index (χ1) is 8.63. The Hall–Kier alpha value is -1.63. The monoisotopic (exact) mass is 332 g/mol. The molecule has 1 aromatic rings. The number of carbonyl (C=O) groups is 2. The van der Waals surface area contributed by atoms with Crippen LogP contribution in [0.2, 0.25) is 0 Å². The van der Waals surface area contributed by atoms with E-state index in [1.807, 2.05) is 0 Å². The van der Waals surface area contributed by atoms with Crippen LogP contribution in [0.15, 0.2) is 24.5 Å². The molecule has 106 valence electrons. The minimum absolute atomic E-state index is 0. The lowest BCUT2D eigenvalue weighted by Crippen LogP contribution is -2.44. The molecule has 0 aliphatic heterocycles. The van der Waals surface area contributed by atoms with Crippen molar-refractivity contribution in [2.75, 3.05) is 13.2 Å². The summed E-state index contributed by atoms with van der Waals surface area (Å²) in [7, 11) is 0. The summed E-state index contributed by atoms with van der Waals surface area (Å²) in [5, 5.41) is 2.48. The fourth-order valence-corrected chi connectivity index (χ4v) is 1.27. The van der Waals surface area contributed by atoms with Crippen LogP contribution < -0.4 is 10.1 Å². The van der Waals surface area contributed by atoms with Gasteiger partial charge in [-0.2, -0.15) is 0 Å². The molecule has 0 aliphatic rings. The number of halogens is 1. The highest BCUT2D eigenvalue weighted by atomic mass is 79.9. The van der Waals surface area contributed by atoms with E-state index < -0.39 is 12.0 Å². The molecule has 0 fully saturated rings. The van der Waals surface area contributed by atoms with Crippen LogP contribution in [-0.4, -0.2) is 36.1 Å². The molecule has 1 unspecified atom stereocenters. The molecule has 1 amide bonds. The van der Waals surface area contributed by atoms with Gasteiger partial charge >= 0.3 is 5.97 Å². The van der Waals surface area contributed by atoms with Gasteiger partial charge in [-0.25, -0.2) is 4.79 Å². The third-order valence-corrected chi connectivity index (χ3v) is 2.02. The van der Waals surface area contributed by atoms with Crippen molar-refractivity contribution < 1.29 is 19.1 Å². The van der Waals surface area contributed by atoms with Crippen molar-refractivity contribution in [2.24, 2.45) is 0 Å². The lowest BCUT2D eigenvalue weighted by Gasteiger charge is -2.16. The SMILES string of the molecule is Br.CCOC(=O)C(COc1ccncc1)NC(C)=O. The molecule has 19 heavy (non-hydrogen) atoms. The molecule has 1 atom stereocenters. The fourth-order valence-electron chi connectivity index (χ4n) is 1.27. The zero-order valence-electron chi connectivity index (χ0n) is 10.8. The number of esters is 1. The van der Waals surface area contributed by atoms with Gasteiger partial charge in [-0.15, -0.1) is 17.0 Å². The summed E-state index contributed by atoms with van der Waals surface area (Å²) in [6.45, 7) is 3.30. The summed E-state index contributed by atoms with van der Waals surface area (Å²) in [4.78, 5) is 26.4. The second-order valence-corrected chi connectivity index (χ2v) is 3.50. The van der Waals surface area contributed by atoms with E-state index in [2.05, 4.69) is 10.3 Å². The Bertz CT molecular complexity index is 400. The number of hydrogen-bond acceptors (Lipinski definition) is 5. The first kappa shape index (κ1) is 17.4. The lowest BCUT2D eigenvalue weighted by molar-refractivity contribution is -0.148. The van der Waals surface area contributed by atoms with Crippen molar-refractivity contribution in [3.63, 3.8) is 0 Å². The van der Waals surface area contributed by atoms with Crippen molar-refractivity contribution in [3.8, 4) is 5.75 Å². The number of nitrogens with one attached hydrogen (secondary N) is 1. The van der Waals surface area contributed by atoms with Crippen LogP contribution in [0, 0.1) is 0 Å². The topological polar surface area (TPSA) is 77.5 Å². The Balaban J connectivity index is 0.00000324. The van der Waals surface area contributed by atoms with Gasteiger partial charge in [0.2, 0.25) is 5.91 Å². The number of carbonyl (C=O) groups excluding carboxylic acids is 2. The molecule has 6 nitrogen and oxygen atoms in total. The quantitative estimate of drug-likeness (QED) is 0.789. The number of aromatic nitrogens is 1. The van der Waals surface area contributed by atoms with Crippen LogP contribution in [0.5, 0.6) is 5.75 Å². The van der Waals surface area contributed by atoms with Crippen molar-refractivity contribution in [2.45, 2.75) is 19.9 Å². The van der Waals surface area contributed by atoms with E-state index in [9.17, 15) is 9.59 Å². The normalized spacial score (nSPS) is 10.8. The molecule has 0 aromatic carbocycles. The van der Waals surface area contributed by atoms with Gasteiger partial charge in [0.1, 0.15) is 12.4 Å².